The first-order chi connectivity index (χ1) is 42.2. The van der Waals surface area contributed by atoms with Gasteiger partial charge in [0.05, 0.1) is 88.0 Å². The number of hydrogen-bond acceptors (Lipinski definition) is 18. The van der Waals surface area contributed by atoms with Crippen molar-refractivity contribution in [2.45, 2.75) is 26.3 Å². The Balaban J connectivity index is 0.596. The largest absolute Gasteiger partial charge is 0.491 e. The van der Waals surface area contributed by atoms with Crippen molar-refractivity contribution in [3.05, 3.63) is 225 Å². The third-order valence-corrected chi connectivity index (χ3v) is 13.7. The Kier molecular flexibility index (Phi) is 18.0. The van der Waals surface area contributed by atoms with Gasteiger partial charge in [-0.3, -0.25) is 9.59 Å². The Hall–Kier alpha value is -10.7. The molecule has 0 fully saturated rings. The van der Waals surface area contributed by atoms with Crippen LogP contribution in [0.2, 0.25) is 0 Å². The summed E-state index contributed by atoms with van der Waals surface area (Å²) >= 11 is 0. The van der Waals surface area contributed by atoms with E-state index in [4.69, 9.17) is 46.7 Å². The van der Waals surface area contributed by atoms with Gasteiger partial charge in [0, 0.05) is 22.3 Å². The summed E-state index contributed by atoms with van der Waals surface area (Å²) in [4.78, 5) is 51.6. The van der Waals surface area contributed by atoms with Crippen molar-refractivity contribution in [2.75, 3.05) is 53.9 Å². The fourth-order valence-electron chi connectivity index (χ4n) is 9.27. The number of esters is 2. The zero-order valence-corrected chi connectivity index (χ0v) is 46.8. The molecule has 7 aromatic carbocycles. The lowest BCUT2D eigenvalue weighted by Crippen LogP contribution is -2.12. The van der Waals surface area contributed by atoms with Crippen LogP contribution in [0.25, 0.3) is 67.1 Å². The summed E-state index contributed by atoms with van der Waals surface area (Å²) in [6.07, 6.45) is 3.73. The number of carbonyl (C=O) groups excluding carboxylic acids is 2. The number of carbonyl (C=O) groups is 2. The minimum atomic E-state index is -0.470. The quantitative estimate of drug-likeness (QED) is 0.0362. The van der Waals surface area contributed by atoms with Crippen LogP contribution in [0.3, 0.4) is 0 Å². The van der Waals surface area contributed by atoms with Crippen LogP contribution in [0.15, 0.2) is 201 Å². The third-order valence-electron chi connectivity index (χ3n) is 13.7. The van der Waals surface area contributed by atoms with Crippen molar-refractivity contribution in [1.82, 2.24) is 30.0 Å². The molecule has 0 radical (unpaired) electrons. The second kappa shape index (κ2) is 27.1. The van der Waals surface area contributed by atoms with E-state index in [0.29, 0.717) is 131 Å². The molecule has 0 amide bonds. The van der Waals surface area contributed by atoms with Crippen molar-refractivity contribution in [1.29, 1.82) is 0 Å². The molecule has 0 aliphatic heterocycles. The van der Waals surface area contributed by atoms with E-state index in [2.05, 4.69) is 20.6 Å². The number of benzene rings is 7. The van der Waals surface area contributed by atoms with Crippen LogP contribution in [0, 0.1) is 0 Å². The Morgan fingerprint density at radius 1 is 0.442 bits per heavy atom. The number of fused-ring (bicyclic) bond motifs is 2. The monoisotopic (exact) mass is 1160 g/mol. The molecule has 0 aliphatic carbocycles. The van der Waals surface area contributed by atoms with Crippen LogP contribution in [0.5, 0.6) is 23.0 Å². The smallest absolute Gasteiger partial charge is 0.337 e. The number of aromatic nitrogens is 6. The average molecular weight is 1160 g/mol. The molecule has 0 spiro atoms. The summed E-state index contributed by atoms with van der Waals surface area (Å²) in [5.74, 6) is 0.909. The maximum Gasteiger partial charge on any atom is 0.337 e. The van der Waals surface area contributed by atoms with Gasteiger partial charge < -0.3 is 46.7 Å². The highest BCUT2D eigenvalue weighted by molar-refractivity contribution is 5.90. The molecule has 0 saturated heterocycles. The zero-order valence-electron chi connectivity index (χ0n) is 46.8. The lowest BCUT2D eigenvalue weighted by atomic mass is 10.1. The molecule has 20 nitrogen and oxygen atoms in total. The second-order valence-corrected chi connectivity index (χ2v) is 19.4. The predicted molar refractivity (Wildman–Crippen MR) is 317 cm³/mol. The van der Waals surface area contributed by atoms with Gasteiger partial charge in [0.2, 0.25) is 22.4 Å². The number of rotatable bonds is 26. The topological polar surface area (TPSA) is 230 Å². The molecule has 86 heavy (non-hydrogen) atoms. The van der Waals surface area contributed by atoms with E-state index in [9.17, 15) is 19.2 Å². The first-order valence-electron chi connectivity index (χ1n) is 27.4. The first kappa shape index (κ1) is 57.1. The summed E-state index contributed by atoms with van der Waals surface area (Å²) in [5, 5.41) is 18.1. The Morgan fingerprint density at radius 2 is 0.849 bits per heavy atom. The normalized spacial score (nSPS) is 11.2. The highest BCUT2D eigenvalue weighted by Crippen LogP contribution is 2.35. The SMILES string of the molecule is COC(=O)c1cccc(COc2c(-c3ccc(OCCOCCn4cc(-c5ccc(-c6cn(CCOCCOc7ccc(-c8oc9ccccc9c(=O)c8OCc8cccc(C(=O)OC)c8)cc7)nn6)cc5)nn4)cc3)oc3ccccc3c2=O)c1. The van der Waals surface area contributed by atoms with Gasteiger partial charge in [-0.1, -0.05) is 83.2 Å². The molecule has 4 aromatic heterocycles. The maximum absolute atomic E-state index is 13.7. The van der Waals surface area contributed by atoms with Crippen LogP contribution in [-0.2, 0) is 45.3 Å². The first-order valence-corrected chi connectivity index (χ1v) is 27.4. The second-order valence-electron chi connectivity index (χ2n) is 19.4. The Morgan fingerprint density at radius 3 is 1.27 bits per heavy atom. The lowest BCUT2D eigenvalue weighted by Gasteiger charge is -2.13. The number of ether oxygens (including phenoxy) is 8. The van der Waals surface area contributed by atoms with E-state index in [1.807, 2.05) is 36.7 Å². The average Bonchev–Trinajstić information content (AvgIpc) is 2.77. The molecule has 11 aromatic rings. The van der Waals surface area contributed by atoms with E-state index >= 15 is 0 Å². The van der Waals surface area contributed by atoms with Crippen molar-refractivity contribution >= 4 is 33.9 Å². The van der Waals surface area contributed by atoms with Crippen molar-refractivity contribution in [3.63, 3.8) is 0 Å². The predicted octanol–water partition coefficient (Wildman–Crippen LogP) is 10.7. The van der Waals surface area contributed by atoms with E-state index in [1.165, 1.54) is 14.2 Å². The molecule has 20 heteroatoms. The van der Waals surface area contributed by atoms with E-state index < -0.39 is 11.9 Å². The van der Waals surface area contributed by atoms with Crippen LogP contribution >= 0.6 is 0 Å². The molecular weight excluding hydrogens is 1100 g/mol. The number of hydrogen-bond donors (Lipinski definition) is 0. The summed E-state index contributed by atoms with van der Waals surface area (Å²) in [6, 6.07) is 49.8. The summed E-state index contributed by atoms with van der Waals surface area (Å²) in [5.41, 5.74) is 6.77. The van der Waals surface area contributed by atoms with Gasteiger partial charge in [-0.05, 0) is 108 Å². The summed E-state index contributed by atoms with van der Waals surface area (Å²) in [6.45, 7) is 3.07. The highest BCUT2D eigenvalue weighted by atomic mass is 16.5. The van der Waals surface area contributed by atoms with Gasteiger partial charge in [0.1, 0.15) is 60.5 Å². The molecule has 0 N–H and O–H groups in total. The molecule has 0 atom stereocenters. The molecule has 434 valence electrons. The fourth-order valence-corrected chi connectivity index (χ4v) is 9.27. The molecule has 4 heterocycles. The molecule has 0 unspecified atom stereocenters. The van der Waals surface area contributed by atoms with Gasteiger partial charge in [0.15, 0.2) is 11.5 Å². The zero-order chi connectivity index (χ0) is 59.2. The molecule has 0 bridgehead atoms. The maximum atomic E-state index is 13.7. The summed E-state index contributed by atoms with van der Waals surface area (Å²) in [7, 11) is 2.64. The lowest BCUT2D eigenvalue weighted by molar-refractivity contribution is 0.0591. The number of para-hydroxylation sites is 2. The molecule has 11 rings (SSSR count). The standard InChI is InChI=1S/C66H56N6O14/c1-77-65(75)49-11-7-9-43(37-49)41-83-63-59(73)53-13-3-5-15-57(53)85-61(63)47-21-25-51(26-22-47)81-35-33-79-31-29-71-39-55(67-69-71)45-17-19-46(20-18-45)56-40-72(70-68-56)30-32-80-34-36-82-52-27-23-48(24-28-52)62-64(60(74)54-14-4-6-16-58(54)86-62)84-42-44-10-8-12-50(38-44)66(76)78-2/h3-28,37-40H,29-36,41-42H2,1-2H3. The van der Waals surface area contributed by atoms with E-state index in [1.54, 1.807) is 155 Å². The summed E-state index contributed by atoms with van der Waals surface area (Å²) < 4.78 is 61.4. The van der Waals surface area contributed by atoms with Gasteiger partial charge in [0.25, 0.3) is 0 Å². The number of nitrogens with zero attached hydrogens (tertiary/aromatic N) is 6. The minimum absolute atomic E-state index is 0.0202. The van der Waals surface area contributed by atoms with Gasteiger partial charge in [-0.2, -0.15) is 0 Å². The molecule has 0 saturated carbocycles. The van der Waals surface area contributed by atoms with Crippen molar-refractivity contribution in [2.24, 2.45) is 0 Å². The van der Waals surface area contributed by atoms with Crippen LogP contribution in [0.4, 0.5) is 0 Å². The van der Waals surface area contributed by atoms with Crippen molar-refractivity contribution < 1.29 is 56.3 Å². The van der Waals surface area contributed by atoms with Crippen LogP contribution in [-0.4, -0.2) is 95.8 Å². The molecular formula is C66H56N6O14. The van der Waals surface area contributed by atoms with Crippen molar-refractivity contribution in [3.8, 4) is 68.2 Å². The van der Waals surface area contributed by atoms with Gasteiger partial charge in [-0.25, -0.2) is 19.0 Å². The van der Waals surface area contributed by atoms with Crippen LogP contribution in [0.1, 0.15) is 31.8 Å². The molecule has 0 aliphatic rings. The fraction of sp³-hybridized carbons (Fsp3) is 0.182. The van der Waals surface area contributed by atoms with E-state index in [0.717, 1.165) is 11.1 Å². The minimum Gasteiger partial charge on any atom is -0.491 e. The third kappa shape index (κ3) is 13.7. The van der Waals surface area contributed by atoms with Crippen LogP contribution < -0.4 is 29.8 Å². The highest BCUT2D eigenvalue weighted by Gasteiger charge is 2.21. The Labute approximate surface area is 491 Å². The van der Waals surface area contributed by atoms with Gasteiger partial charge >= 0.3 is 11.9 Å². The Bertz CT molecular complexity index is 4000. The number of methoxy groups -OCH3 is 2. The van der Waals surface area contributed by atoms with Gasteiger partial charge in [-0.15, -0.1) is 10.2 Å². The van der Waals surface area contributed by atoms with E-state index in [-0.39, 0.29) is 47.1 Å².